The number of fused-ring (bicyclic) bond motifs is 1. The van der Waals surface area contributed by atoms with Gasteiger partial charge in [0.1, 0.15) is 5.60 Å². The molecule has 1 amide bonds. The van der Waals surface area contributed by atoms with Crippen molar-refractivity contribution in [3.05, 3.63) is 40.7 Å². The summed E-state index contributed by atoms with van der Waals surface area (Å²) >= 11 is 6.69. The highest BCUT2D eigenvalue weighted by molar-refractivity contribution is 6.66. The number of halogens is 1. The maximum Gasteiger partial charge on any atom is 0.496 e. The maximum absolute atomic E-state index is 13.1. The van der Waals surface area contributed by atoms with E-state index in [0.717, 1.165) is 18.5 Å². The van der Waals surface area contributed by atoms with Gasteiger partial charge in [-0.05, 0) is 73.4 Å². The number of esters is 1. The fourth-order valence-corrected chi connectivity index (χ4v) is 4.63. The standard InChI is InChI=1S/C26H36BClN4O5/c1-24(2,3)35-21(33)15-29-17-12-9-13-32-20(17)14-19(31-32)23(34)30-18-11-8-10-16(22(18)28)27-36-25(4,5)26(6,7)37-27/h8,10-11,14,17,29H,9,12-13,15H2,1-7H3,(H,30,34)/t17-/m0/s1. The molecule has 1 aromatic heterocycles. The molecule has 11 heteroatoms. The molecule has 1 saturated heterocycles. The number of nitrogens with zero attached hydrogens (tertiary/aromatic N) is 2. The van der Waals surface area contributed by atoms with Crippen molar-refractivity contribution < 1.29 is 23.6 Å². The van der Waals surface area contributed by atoms with Gasteiger partial charge in [0.15, 0.2) is 5.69 Å². The molecule has 4 rings (SSSR count). The lowest BCUT2D eigenvalue weighted by atomic mass is 9.79. The highest BCUT2D eigenvalue weighted by Crippen LogP contribution is 2.37. The van der Waals surface area contributed by atoms with E-state index in [0.29, 0.717) is 22.7 Å². The predicted octanol–water partition coefficient (Wildman–Crippen LogP) is 3.85. The highest BCUT2D eigenvalue weighted by atomic mass is 35.5. The van der Waals surface area contributed by atoms with E-state index in [1.54, 1.807) is 18.2 Å². The van der Waals surface area contributed by atoms with Crippen molar-refractivity contribution >= 4 is 41.7 Å². The molecule has 0 spiro atoms. The zero-order chi connectivity index (χ0) is 27.2. The summed E-state index contributed by atoms with van der Waals surface area (Å²) in [5.41, 5.74) is 0.667. The average Bonchev–Trinajstić information content (AvgIpc) is 3.30. The molecule has 0 bridgehead atoms. The van der Waals surface area contributed by atoms with Crippen LogP contribution in [0.5, 0.6) is 0 Å². The Bertz CT molecular complexity index is 1170. The van der Waals surface area contributed by atoms with Crippen LogP contribution in [0, 0.1) is 0 Å². The molecule has 0 aliphatic carbocycles. The molecule has 200 valence electrons. The van der Waals surface area contributed by atoms with Crippen molar-refractivity contribution in [2.75, 3.05) is 11.9 Å². The van der Waals surface area contributed by atoms with Crippen LogP contribution in [0.1, 0.15) is 83.5 Å². The smallest absolute Gasteiger partial charge is 0.459 e. The van der Waals surface area contributed by atoms with Gasteiger partial charge in [-0.2, -0.15) is 5.10 Å². The topological polar surface area (TPSA) is 104 Å². The van der Waals surface area contributed by atoms with Crippen molar-refractivity contribution in [2.24, 2.45) is 0 Å². The Morgan fingerprint density at radius 3 is 2.54 bits per heavy atom. The molecule has 0 saturated carbocycles. The largest absolute Gasteiger partial charge is 0.496 e. The van der Waals surface area contributed by atoms with Crippen molar-refractivity contribution in [3.8, 4) is 0 Å². The van der Waals surface area contributed by atoms with Crippen molar-refractivity contribution in [2.45, 2.75) is 90.7 Å². The van der Waals surface area contributed by atoms with E-state index in [2.05, 4.69) is 15.7 Å². The van der Waals surface area contributed by atoms with Gasteiger partial charge in [-0.3, -0.25) is 19.6 Å². The molecule has 1 fully saturated rings. The molecule has 2 N–H and O–H groups in total. The number of amides is 1. The number of aryl methyl sites for hydroxylation is 1. The van der Waals surface area contributed by atoms with Crippen LogP contribution < -0.4 is 16.1 Å². The maximum atomic E-state index is 13.1. The van der Waals surface area contributed by atoms with Crippen LogP contribution in [0.15, 0.2) is 24.3 Å². The quantitative estimate of drug-likeness (QED) is 0.432. The van der Waals surface area contributed by atoms with Gasteiger partial charge < -0.3 is 19.4 Å². The van der Waals surface area contributed by atoms with Crippen LogP contribution in [0.2, 0.25) is 5.02 Å². The Morgan fingerprint density at radius 2 is 1.89 bits per heavy atom. The minimum absolute atomic E-state index is 0.0793. The predicted molar refractivity (Wildman–Crippen MR) is 143 cm³/mol. The summed E-state index contributed by atoms with van der Waals surface area (Å²) in [5, 5.41) is 11.0. The van der Waals surface area contributed by atoms with E-state index in [1.165, 1.54) is 0 Å². The van der Waals surface area contributed by atoms with Crippen molar-refractivity contribution in [3.63, 3.8) is 0 Å². The van der Waals surface area contributed by atoms with Gasteiger partial charge in [-0.1, -0.05) is 23.7 Å². The van der Waals surface area contributed by atoms with Crippen LogP contribution in [0.25, 0.3) is 0 Å². The Kier molecular flexibility index (Phi) is 7.51. The fourth-order valence-electron chi connectivity index (χ4n) is 4.37. The highest BCUT2D eigenvalue weighted by Gasteiger charge is 2.52. The number of benzene rings is 1. The van der Waals surface area contributed by atoms with Gasteiger partial charge in [0, 0.05) is 18.0 Å². The minimum atomic E-state index is -0.647. The first-order chi connectivity index (χ1) is 17.2. The Hall–Kier alpha value is -2.40. The number of carbonyl (C=O) groups excluding carboxylic acids is 2. The van der Waals surface area contributed by atoms with E-state index in [1.807, 2.05) is 59.2 Å². The van der Waals surface area contributed by atoms with Crippen LogP contribution >= 0.6 is 11.6 Å². The van der Waals surface area contributed by atoms with Crippen LogP contribution in [0.4, 0.5) is 5.69 Å². The second kappa shape index (κ2) is 10.1. The summed E-state index contributed by atoms with van der Waals surface area (Å²) in [5.74, 6) is -0.695. The first kappa shape index (κ1) is 27.6. The van der Waals surface area contributed by atoms with Crippen LogP contribution in [0.3, 0.4) is 0 Å². The third-order valence-electron chi connectivity index (χ3n) is 6.96. The molecule has 2 aromatic rings. The van der Waals surface area contributed by atoms with Crippen molar-refractivity contribution in [1.82, 2.24) is 15.1 Å². The summed E-state index contributed by atoms with van der Waals surface area (Å²) in [6, 6.07) is 7.02. The number of carbonyl (C=O) groups is 2. The van der Waals surface area contributed by atoms with Gasteiger partial charge >= 0.3 is 13.1 Å². The molecule has 0 unspecified atom stereocenters. The molecule has 37 heavy (non-hydrogen) atoms. The second-order valence-corrected chi connectivity index (χ2v) is 12.0. The lowest BCUT2D eigenvalue weighted by Crippen LogP contribution is -2.41. The summed E-state index contributed by atoms with van der Waals surface area (Å²) in [4.78, 5) is 25.3. The first-order valence-corrected chi connectivity index (χ1v) is 13.0. The van der Waals surface area contributed by atoms with E-state index in [4.69, 9.17) is 25.6 Å². The molecule has 1 aromatic carbocycles. The summed E-state index contributed by atoms with van der Waals surface area (Å²) in [7, 11) is -0.647. The summed E-state index contributed by atoms with van der Waals surface area (Å²) < 4.78 is 19.5. The molecule has 2 aliphatic heterocycles. The average molecular weight is 531 g/mol. The van der Waals surface area contributed by atoms with Crippen LogP contribution in [-0.2, 0) is 25.4 Å². The minimum Gasteiger partial charge on any atom is -0.459 e. The number of nitrogens with one attached hydrogen (secondary N) is 2. The Morgan fingerprint density at radius 1 is 1.22 bits per heavy atom. The number of rotatable bonds is 6. The van der Waals surface area contributed by atoms with Gasteiger partial charge in [-0.15, -0.1) is 0 Å². The molecule has 2 aliphatic rings. The third-order valence-corrected chi connectivity index (χ3v) is 7.38. The zero-order valence-electron chi connectivity index (χ0n) is 22.6. The van der Waals surface area contributed by atoms with Gasteiger partial charge in [0.25, 0.3) is 5.91 Å². The Balaban J connectivity index is 1.46. The molecule has 3 heterocycles. The van der Waals surface area contributed by atoms with E-state index < -0.39 is 23.9 Å². The third kappa shape index (κ3) is 6.03. The lowest BCUT2D eigenvalue weighted by molar-refractivity contribution is -0.153. The normalized spacial score (nSPS) is 20.4. The fraction of sp³-hybridized carbons (Fsp3) is 0.577. The Labute approximate surface area is 223 Å². The monoisotopic (exact) mass is 530 g/mol. The molecule has 0 radical (unpaired) electrons. The molecule has 9 nitrogen and oxygen atoms in total. The number of ether oxygens (including phenoxy) is 1. The number of aromatic nitrogens is 2. The van der Waals surface area contributed by atoms with Gasteiger partial charge in [0.2, 0.25) is 0 Å². The summed E-state index contributed by atoms with van der Waals surface area (Å²) in [6.45, 7) is 14.2. The van der Waals surface area contributed by atoms with Crippen molar-refractivity contribution in [1.29, 1.82) is 0 Å². The lowest BCUT2D eigenvalue weighted by Gasteiger charge is -2.32. The zero-order valence-corrected chi connectivity index (χ0v) is 23.4. The number of anilines is 1. The molecule has 1 atom stereocenters. The SMILES string of the molecule is CC(C)(C)OC(=O)CN[C@H]1CCCn2nc(C(=O)Nc3cccc(B4OC(C)(C)C(C)(C)O4)c3Cl)cc21. The van der Waals surface area contributed by atoms with E-state index in [-0.39, 0.29) is 30.2 Å². The van der Waals surface area contributed by atoms with E-state index in [9.17, 15) is 9.59 Å². The molecular formula is C26H36BClN4O5. The second-order valence-electron chi connectivity index (χ2n) is 11.6. The number of hydrogen-bond donors (Lipinski definition) is 2. The van der Waals surface area contributed by atoms with Crippen LogP contribution in [-0.4, -0.2) is 52.1 Å². The van der Waals surface area contributed by atoms with Gasteiger partial charge in [-0.25, -0.2) is 0 Å². The summed E-state index contributed by atoms with van der Waals surface area (Å²) in [6.07, 6.45) is 1.71. The first-order valence-electron chi connectivity index (χ1n) is 12.7. The van der Waals surface area contributed by atoms with E-state index >= 15 is 0 Å². The number of hydrogen-bond acceptors (Lipinski definition) is 7. The van der Waals surface area contributed by atoms with Gasteiger partial charge in [0.05, 0.1) is 34.2 Å². The molecular weight excluding hydrogens is 495 g/mol.